The van der Waals surface area contributed by atoms with Gasteiger partial charge < -0.3 is 19.3 Å². The van der Waals surface area contributed by atoms with Crippen molar-refractivity contribution in [1.29, 1.82) is 0 Å². The van der Waals surface area contributed by atoms with Crippen molar-refractivity contribution in [2.24, 2.45) is 0 Å². The number of morpholine rings is 1. The van der Waals surface area contributed by atoms with E-state index in [4.69, 9.17) is 21.1 Å². The number of ether oxygens (including phenoxy) is 2. The lowest BCUT2D eigenvalue weighted by Gasteiger charge is -2.51. The zero-order valence-electron chi connectivity index (χ0n) is 26.7. The van der Waals surface area contributed by atoms with E-state index in [-0.39, 0.29) is 36.4 Å². The van der Waals surface area contributed by atoms with Crippen LogP contribution in [0, 0.1) is 6.92 Å². The first-order chi connectivity index (χ1) is 21.7. The van der Waals surface area contributed by atoms with Crippen LogP contribution in [0.5, 0.6) is 5.75 Å². The van der Waals surface area contributed by atoms with Crippen molar-refractivity contribution in [3.05, 3.63) is 76.9 Å². The van der Waals surface area contributed by atoms with Crippen LogP contribution in [0.3, 0.4) is 0 Å². The van der Waals surface area contributed by atoms with Crippen molar-refractivity contribution in [1.82, 2.24) is 14.5 Å². The second-order valence-corrected chi connectivity index (χ2v) is 14.7. The number of amides is 3. The normalized spacial score (nSPS) is 22.1. The van der Waals surface area contributed by atoms with Crippen molar-refractivity contribution in [2.45, 2.75) is 76.9 Å². The number of rotatable bonds is 8. The van der Waals surface area contributed by atoms with E-state index in [2.05, 4.69) is 0 Å². The quantitative estimate of drug-likeness (QED) is 0.437. The SMILES string of the molecule is CC[C@@H](Oc1ccccc1-c1ccc(C(=O)N2CCC(N3C(=O)C(C)(C)OC4C=CC(Cl)=CC43)CC2)c(C)c1)C(=O)NS(C)(=O)=O. The molecule has 3 atom stereocenters. The number of nitrogens with zero attached hydrogens (tertiary/aromatic N) is 2. The first-order valence-electron chi connectivity index (χ1n) is 15.4. The smallest absolute Gasteiger partial charge is 0.274 e. The Balaban J connectivity index is 1.29. The number of hydrogen-bond donors (Lipinski definition) is 1. The first-order valence-corrected chi connectivity index (χ1v) is 17.7. The number of sulfonamides is 1. The van der Waals surface area contributed by atoms with Crippen LogP contribution in [0.4, 0.5) is 0 Å². The van der Waals surface area contributed by atoms with E-state index in [1.165, 1.54) is 0 Å². The topological polar surface area (TPSA) is 122 Å². The number of piperidine rings is 1. The third kappa shape index (κ3) is 7.16. The van der Waals surface area contributed by atoms with Crippen LogP contribution < -0.4 is 9.46 Å². The monoisotopic (exact) mass is 669 g/mol. The summed E-state index contributed by atoms with van der Waals surface area (Å²) in [6.45, 7) is 8.21. The third-order valence-electron chi connectivity index (χ3n) is 8.63. The fourth-order valence-electron chi connectivity index (χ4n) is 6.33. The highest BCUT2D eigenvalue weighted by atomic mass is 35.5. The molecule has 2 saturated heterocycles. The number of halogens is 1. The van der Waals surface area contributed by atoms with E-state index in [0.717, 1.165) is 17.4 Å². The van der Waals surface area contributed by atoms with Crippen molar-refractivity contribution in [3.63, 3.8) is 0 Å². The number of para-hydroxylation sites is 1. The van der Waals surface area contributed by atoms with E-state index in [1.807, 2.05) is 57.9 Å². The number of likely N-dealkylation sites (tertiary alicyclic amines) is 1. The molecule has 3 amide bonds. The predicted molar refractivity (Wildman–Crippen MR) is 176 cm³/mol. The van der Waals surface area contributed by atoms with Crippen LogP contribution in [0.2, 0.25) is 0 Å². The largest absolute Gasteiger partial charge is 0.480 e. The van der Waals surface area contributed by atoms with Gasteiger partial charge in [-0.3, -0.25) is 19.1 Å². The van der Waals surface area contributed by atoms with Crippen LogP contribution in [0.25, 0.3) is 11.1 Å². The number of allylic oxidation sites excluding steroid dienone is 2. The number of fused-ring (bicyclic) bond motifs is 1. The first kappa shape index (κ1) is 33.7. The standard InChI is InChI=1S/C34H40ClN3O7S/c1-6-28(31(39)36-46(5,42)43)44-29-10-8-7-9-26(29)22-11-13-25(21(2)19-22)32(40)37-17-15-24(16-18-37)38-27-20-23(35)12-14-30(27)45-34(3,4)33(38)41/h7-14,19-20,24,27-28,30H,6,15-18H2,1-5H3,(H,36,39)/t27?,28-,30?/m1/s1. The minimum Gasteiger partial charge on any atom is -0.480 e. The number of benzene rings is 2. The van der Waals surface area contributed by atoms with E-state index in [0.29, 0.717) is 47.8 Å². The van der Waals surface area contributed by atoms with Crippen LogP contribution in [0.1, 0.15) is 56.0 Å². The molecule has 2 heterocycles. The van der Waals surface area contributed by atoms with E-state index in [9.17, 15) is 22.8 Å². The predicted octanol–water partition coefficient (Wildman–Crippen LogP) is 4.57. The lowest BCUT2D eigenvalue weighted by Crippen LogP contribution is -2.65. The van der Waals surface area contributed by atoms with Crippen LogP contribution in [-0.2, 0) is 24.3 Å². The summed E-state index contributed by atoms with van der Waals surface area (Å²) in [6.07, 6.45) is 6.76. The van der Waals surface area contributed by atoms with Crippen molar-refractivity contribution in [2.75, 3.05) is 19.3 Å². The Labute approximate surface area is 275 Å². The second-order valence-electron chi connectivity index (χ2n) is 12.5. The lowest BCUT2D eigenvalue weighted by atomic mass is 9.90. The van der Waals surface area contributed by atoms with Gasteiger partial charge >= 0.3 is 0 Å². The summed E-state index contributed by atoms with van der Waals surface area (Å²) >= 11 is 6.31. The molecule has 2 aromatic rings. The van der Waals surface area contributed by atoms with Gasteiger partial charge in [-0.25, -0.2) is 8.42 Å². The van der Waals surface area contributed by atoms with Gasteiger partial charge in [-0.05, 0) is 75.4 Å². The van der Waals surface area contributed by atoms with Gasteiger partial charge in [0.1, 0.15) is 17.5 Å². The fourth-order valence-corrected chi connectivity index (χ4v) is 7.03. The minimum absolute atomic E-state index is 0.0501. The summed E-state index contributed by atoms with van der Waals surface area (Å²) in [7, 11) is -3.73. The maximum atomic E-state index is 13.7. The summed E-state index contributed by atoms with van der Waals surface area (Å²) in [5.74, 6) is -0.471. The molecule has 5 rings (SSSR count). The molecular weight excluding hydrogens is 630 g/mol. The second kappa shape index (κ2) is 13.2. The van der Waals surface area contributed by atoms with Gasteiger partial charge in [-0.1, -0.05) is 54.9 Å². The van der Waals surface area contributed by atoms with Gasteiger partial charge in [0.2, 0.25) is 10.0 Å². The number of carbonyl (C=O) groups excluding carboxylic acids is 3. The van der Waals surface area contributed by atoms with Gasteiger partial charge in [-0.2, -0.15) is 0 Å². The summed E-state index contributed by atoms with van der Waals surface area (Å²) in [4.78, 5) is 43.4. The molecule has 0 saturated carbocycles. The number of carbonyl (C=O) groups is 3. The van der Waals surface area contributed by atoms with Crippen molar-refractivity contribution >= 4 is 39.3 Å². The summed E-state index contributed by atoms with van der Waals surface area (Å²) in [6, 6.07) is 12.4. The highest BCUT2D eigenvalue weighted by Gasteiger charge is 2.49. The van der Waals surface area contributed by atoms with Gasteiger partial charge in [0.15, 0.2) is 6.10 Å². The van der Waals surface area contributed by atoms with E-state index in [1.54, 1.807) is 45.0 Å². The average molecular weight is 670 g/mol. The maximum Gasteiger partial charge on any atom is 0.274 e. The molecule has 1 aliphatic carbocycles. The van der Waals surface area contributed by atoms with Crippen LogP contribution in [-0.4, -0.2) is 85.2 Å². The molecule has 2 aliphatic heterocycles. The highest BCUT2D eigenvalue weighted by molar-refractivity contribution is 7.89. The zero-order valence-corrected chi connectivity index (χ0v) is 28.2. The van der Waals surface area contributed by atoms with Crippen molar-refractivity contribution in [3.8, 4) is 16.9 Å². The lowest BCUT2D eigenvalue weighted by molar-refractivity contribution is -0.186. The molecule has 0 spiro atoms. The van der Waals surface area contributed by atoms with Gasteiger partial charge in [0.25, 0.3) is 17.7 Å². The molecule has 12 heteroatoms. The molecule has 0 radical (unpaired) electrons. The van der Waals surface area contributed by atoms with Crippen LogP contribution >= 0.6 is 11.6 Å². The molecule has 0 bridgehead atoms. The number of aryl methyl sites for hydroxylation is 1. The molecule has 3 aliphatic rings. The molecule has 1 N–H and O–H groups in total. The Kier molecular flexibility index (Phi) is 9.68. The molecule has 2 fully saturated rings. The Morgan fingerprint density at radius 3 is 2.50 bits per heavy atom. The molecule has 2 unspecified atom stereocenters. The Hall–Kier alpha value is -3.67. The molecular formula is C34H40ClN3O7S. The molecule has 246 valence electrons. The molecule has 46 heavy (non-hydrogen) atoms. The van der Waals surface area contributed by atoms with Crippen LogP contribution in [0.15, 0.2) is 65.7 Å². The minimum atomic E-state index is -3.73. The Bertz CT molecular complexity index is 1700. The van der Waals surface area contributed by atoms with E-state index < -0.39 is 27.6 Å². The van der Waals surface area contributed by atoms with Crippen molar-refractivity contribution < 1.29 is 32.3 Å². The highest BCUT2D eigenvalue weighted by Crippen LogP contribution is 2.36. The maximum absolute atomic E-state index is 13.7. The van der Waals surface area contributed by atoms with E-state index >= 15 is 0 Å². The summed E-state index contributed by atoms with van der Waals surface area (Å²) in [5, 5.41) is 0.575. The Morgan fingerprint density at radius 1 is 1.15 bits per heavy atom. The fraction of sp³-hybridized carbons (Fsp3) is 0.441. The van der Waals surface area contributed by atoms with Gasteiger partial charge in [0.05, 0.1) is 12.3 Å². The zero-order chi connectivity index (χ0) is 33.4. The third-order valence-corrected chi connectivity index (χ3v) is 9.46. The van der Waals surface area contributed by atoms with Gasteiger partial charge in [0, 0.05) is 35.3 Å². The molecule has 2 aromatic carbocycles. The van der Waals surface area contributed by atoms with Gasteiger partial charge in [-0.15, -0.1) is 0 Å². The number of nitrogens with one attached hydrogen (secondary N) is 1. The number of hydrogen-bond acceptors (Lipinski definition) is 7. The summed E-state index contributed by atoms with van der Waals surface area (Å²) < 4.78 is 37.2. The molecule has 0 aromatic heterocycles. The summed E-state index contributed by atoms with van der Waals surface area (Å²) in [5.41, 5.74) is 1.90. The average Bonchev–Trinajstić information content (AvgIpc) is 3.00. The molecule has 10 nitrogen and oxygen atoms in total. The Morgan fingerprint density at radius 2 is 1.85 bits per heavy atom.